The van der Waals surface area contributed by atoms with E-state index in [4.69, 9.17) is 9.47 Å². The van der Waals surface area contributed by atoms with Crippen LogP contribution >= 0.6 is 11.8 Å². The molecule has 10 heteroatoms. The average molecular weight is 488 g/mol. The lowest BCUT2D eigenvalue weighted by Gasteiger charge is -2.22. The third-order valence-corrected chi connectivity index (χ3v) is 6.17. The van der Waals surface area contributed by atoms with Gasteiger partial charge in [0.15, 0.2) is 5.75 Å². The number of hydrogen-bond acceptors (Lipinski definition) is 5. The summed E-state index contributed by atoms with van der Waals surface area (Å²) in [4.78, 5) is 25.7. The highest BCUT2D eigenvalue weighted by atomic mass is 32.2. The molecule has 1 heterocycles. The predicted molar refractivity (Wildman–Crippen MR) is 123 cm³/mol. The first kappa shape index (κ1) is 23.5. The molecule has 1 unspecified atom stereocenters. The fourth-order valence-electron chi connectivity index (χ4n) is 3.23. The van der Waals surface area contributed by atoms with E-state index in [0.717, 1.165) is 23.1 Å². The summed E-state index contributed by atoms with van der Waals surface area (Å²) in [5.74, 6) is -0.0156. The molecule has 0 saturated heterocycles. The molecule has 4 rings (SSSR count). The van der Waals surface area contributed by atoms with Crippen LogP contribution in [0.15, 0.2) is 65.6 Å². The minimum Gasteiger partial charge on any atom is -0.497 e. The Balaban J connectivity index is 1.64. The number of anilines is 2. The first-order valence-corrected chi connectivity index (χ1v) is 11.0. The van der Waals surface area contributed by atoms with Gasteiger partial charge in [0.25, 0.3) is 5.91 Å². The van der Waals surface area contributed by atoms with Crippen molar-refractivity contribution in [1.82, 2.24) is 0 Å². The van der Waals surface area contributed by atoms with Gasteiger partial charge in [-0.05, 0) is 55.5 Å². The Labute approximate surface area is 197 Å². The molecule has 3 aromatic rings. The maximum Gasteiger partial charge on any atom is 0.416 e. The van der Waals surface area contributed by atoms with Crippen LogP contribution in [0, 0.1) is 0 Å². The first-order chi connectivity index (χ1) is 16.1. The van der Waals surface area contributed by atoms with Crippen molar-refractivity contribution in [2.45, 2.75) is 23.2 Å². The number of rotatable bonds is 5. The molecule has 34 heavy (non-hydrogen) atoms. The largest absolute Gasteiger partial charge is 0.497 e. The highest BCUT2D eigenvalue weighted by molar-refractivity contribution is 8.00. The molecule has 0 aliphatic carbocycles. The van der Waals surface area contributed by atoms with Crippen molar-refractivity contribution < 1.29 is 32.2 Å². The number of carbonyl (C=O) groups is 2. The zero-order chi connectivity index (χ0) is 24.5. The fraction of sp³-hybridized carbons (Fsp3) is 0.167. The van der Waals surface area contributed by atoms with E-state index >= 15 is 0 Å². The fourth-order valence-corrected chi connectivity index (χ4v) is 4.16. The Hall–Kier alpha value is -3.66. The SMILES string of the molecule is COc1cccc(Oc2ccc(C(F)(F)F)cc2NC(=O)c2ccc3c(c2)NC(=O)C(C)S3)c1. The van der Waals surface area contributed by atoms with Gasteiger partial charge >= 0.3 is 6.18 Å². The van der Waals surface area contributed by atoms with Gasteiger partial charge in [0, 0.05) is 16.5 Å². The van der Waals surface area contributed by atoms with Gasteiger partial charge in [-0.1, -0.05) is 6.07 Å². The van der Waals surface area contributed by atoms with Crippen LogP contribution in [-0.4, -0.2) is 24.2 Å². The lowest BCUT2D eigenvalue weighted by Crippen LogP contribution is -2.26. The van der Waals surface area contributed by atoms with E-state index in [2.05, 4.69) is 10.6 Å². The molecule has 0 fully saturated rings. The molecule has 0 saturated carbocycles. The third kappa shape index (κ3) is 5.12. The molecule has 1 atom stereocenters. The molecule has 2 amide bonds. The standard InChI is InChI=1S/C24H19F3N2O4S/c1-13-22(30)29-19-10-14(6-9-21(19)34-13)23(31)28-18-11-15(24(25,26)27)7-8-20(18)33-17-5-3-4-16(12-17)32-2/h3-13H,1-2H3,(H,28,31)(H,29,30). The molecule has 6 nitrogen and oxygen atoms in total. The number of fused-ring (bicyclic) bond motifs is 1. The number of amides is 2. The highest BCUT2D eigenvalue weighted by Crippen LogP contribution is 2.39. The second-order valence-corrected chi connectivity index (χ2v) is 8.79. The molecule has 2 N–H and O–H groups in total. The van der Waals surface area contributed by atoms with Gasteiger partial charge in [0.1, 0.15) is 11.5 Å². The van der Waals surface area contributed by atoms with Crippen LogP contribution in [0.5, 0.6) is 17.2 Å². The second kappa shape index (κ2) is 9.30. The second-order valence-electron chi connectivity index (χ2n) is 7.40. The summed E-state index contributed by atoms with van der Waals surface area (Å²) < 4.78 is 50.9. The molecule has 1 aliphatic heterocycles. The van der Waals surface area contributed by atoms with Gasteiger partial charge in [-0.3, -0.25) is 9.59 Å². The maximum absolute atomic E-state index is 13.3. The van der Waals surface area contributed by atoms with Crippen molar-refractivity contribution in [1.29, 1.82) is 0 Å². The summed E-state index contributed by atoms with van der Waals surface area (Å²) in [7, 11) is 1.48. The van der Waals surface area contributed by atoms with Crippen molar-refractivity contribution in [2.24, 2.45) is 0 Å². The van der Waals surface area contributed by atoms with Crippen LogP contribution in [-0.2, 0) is 11.0 Å². The topological polar surface area (TPSA) is 76.7 Å². The first-order valence-electron chi connectivity index (χ1n) is 10.1. The van der Waals surface area contributed by atoms with E-state index in [9.17, 15) is 22.8 Å². The molecular weight excluding hydrogens is 469 g/mol. The minimum absolute atomic E-state index is 0.0187. The van der Waals surface area contributed by atoms with Crippen LogP contribution in [0.4, 0.5) is 24.5 Å². The summed E-state index contributed by atoms with van der Waals surface area (Å²) in [6.07, 6.45) is -4.61. The summed E-state index contributed by atoms with van der Waals surface area (Å²) in [6, 6.07) is 14.1. The molecule has 1 aliphatic rings. The van der Waals surface area contributed by atoms with Gasteiger partial charge in [0.2, 0.25) is 5.91 Å². The molecular formula is C24H19F3N2O4S. The number of nitrogens with one attached hydrogen (secondary N) is 2. The Morgan fingerprint density at radius 3 is 2.56 bits per heavy atom. The summed E-state index contributed by atoms with van der Waals surface area (Å²) in [5.41, 5.74) is -0.465. The van der Waals surface area contributed by atoms with Gasteiger partial charge in [0.05, 0.1) is 29.3 Å². The van der Waals surface area contributed by atoms with Crippen LogP contribution in [0.25, 0.3) is 0 Å². The van der Waals surface area contributed by atoms with Crippen LogP contribution in [0.2, 0.25) is 0 Å². The van der Waals surface area contributed by atoms with Gasteiger partial charge in [-0.2, -0.15) is 13.2 Å². The van der Waals surface area contributed by atoms with E-state index in [1.807, 2.05) is 0 Å². The zero-order valence-corrected chi connectivity index (χ0v) is 18.8. The smallest absolute Gasteiger partial charge is 0.416 e. The Morgan fingerprint density at radius 2 is 1.82 bits per heavy atom. The molecule has 0 spiro atoms. The molecule has 0 bridgehead atoms. The normalized spacial score (nSPS) is 15.2. The van der Waals surface area contributed by atoms with Gasteiger partial charge in [-0.15, -0.1) is 11.8 Å². The molecule has 0 radical (unpaired) electrons. The minimum atomic E-state index is -4.61. The van der Waals surface area contributed by atoms with Crippen molar-refractivity contribution in [3.63, 3.8) is 0 Å². The number of carbonyl (C=O) groups excluding carboxylic acids is 2. The third-order valence-electron chi connectivity index (χ3n) is 5.00. The number of hydrogen-bond donors (Lipinski definition) is 2. The number of ether oxygens (including phenoxy) is 2. The Kier molecular flexibility index (Phi) is 6.43. The number of methoxy groups -OCH3 is 1. The van der Waals surface area contributed by atoms with Crippen molar-refractivity contribution in [3.05, 3.63) is 71.8 Å². The van der Waals surface area contributed by atoms with Crippen molar-refractivity contribution in [3.8, 4) is 17.2 Å². The van der Waals surface area contributed by atoms with E-state index in [1.54, 1.807) is 43.3 Å². The number of thioether (sulfide) groups is 1. The lowest BCUT2D eigenvalue weighted by atomic mass is 10.1. The number of alkyl halides is 3. The average Bonchev–Trinajstić information content (AvgIpc) is 2.80. The quantitative estimate of drug-likeness (QED) is 0.448. The van der Waals surface area contributed by atoms with E-state index in [1.165, 1.54) is 24.9 Å². The Morgan fingerprint density at radius 1 is 1.06 bits per heavy atom. The van der Waals surface area contributed by atoms with Crippen LogP contribution < -0.4 is 20.1 Å². The lowest BCUT2D eigenvalue weighted by molar-refractivity contribution is -0.137. The monoisotopic (exact) mass is 488 g/mol. The predicted octanol–water partition coefficient (Wildman–Crippen LogP) is 6.19. The van der Waals surface area contributed by atoms with Gasteiger partial charge < -0.3 is 20.1 Å². The maximum atomic E-state index is 13.3. The highest BCUT2D eigenvalue weighted by Gasteiger charge is 2.32. The number of halogens is 3. The summed E-state index contributed by atoms with van der Waals surface area (Å²) in [6.45, 7) is 1.76. The van der Waals surface area contributed by atoms with Gasteiger partial charge in [-0.25, -0.2) is 0 Å². The van der Waals surface area contributed by atoms with E-state index in [-0.39, 0.29) is 28.2 Å². The molecule has 3 aromatic carbocycles. The molecule has 0 aromatic heterocycles. The summed E-state index contributed by atoms with van der Waals surface area (Å²) >= 11 is 1.36. The number of benzene rings is 3. The van der Waals surface area contributed by atoms with E-state index in [0.29, 0.717) is 17.2 Å². The van der Waals surface area contributed by atoms with Crippen molar-refractivity contribution >= 4 is 35.0 Å². The van der Waals surface area contributed by atoms with Crippen LogP contribution in [0.1, 0.15) is 22.8 Å². The van der Waals surface area contributed by atoms with Crippen molar-refractivity contribution in [2.75, 3.05) is 17.7 Å². The van der Waals surface area contributed by atoms with E-state index < -0.39 is 17.6 Å². The van der Waals surface area contributed by atoms with Crippen LogP contribution in [0.3, 0.4) is 0 Å². The summed E-state index contributed by atoms with van der Waals surface area (Å²) in [5, 5.41) is 4.96. The zero-order valence-electron chi connectivity index (χ0n) is 18.0. The molecule has 176 valence electrons. The Bertz CT molecular complexity index is 1260.